The predicted octanol–water partition coefficient (Wildman–Crippen LogP) is 3.55. The van der Waals surface area contributed by atoms with Gasteiger partial charge in [-0.25, -0.2) is 9.69 Å². The number of methoxy groups -OCH3 is 2. The van der Waals surface area contributed by atoms with Gasteiger partial charge in [0, 0.05) is 0 Å². The summed E-state index contributed by atoms with van der Waals surface area (Å²) in [6.45, 7) is 2.63. The molecule has 0 unspecified atom stereocenters. The number of unbranched alkanes of at least 4 members (excludes halogenated alkanes) is 1. The maximum absolute atomic E-state index is 13.0. The molecular formula is C23H24N2O6. The minimum absolute atomic E-state index is 0.169. The molecule has 0 atom stereocenters. The number of ether oxygens (including phenoxy) is 3. The first-order valence-electron chi connectivity index (χ1n) is 9.84. The van der Waals surface area contributed by atoms with Crippen LogP contribution in [0.15, 0.2) is 48.0 Å². The van der Waals surface area contributed by atoms with Crippen molar-refractivity contribution < 1.29 is 28.6 Å². The molecule has 0 aliphatic carbocycles. The lowest BCUT2D eigenvalue weighted by Gasteiger charge is -2.26. The number of imide groups is 2. The Balaban J connectivity index is 1.90. The number of urea groups is 1. The number of rotatable bonds is 8. The zero-order chi connectivity index (χ0) is 22.4. The molecule has 1 fully saturated rings. The molecule has 1 heterocycles. The highest BCUT2D eigenvalue weighted by Crippen LogP contribution is 2.30. The maximum atomic E-state index is 13.0. The molecule has 162 valence electrons. The van der Waals surface area contributed by atoms with Gasteiger partial charge in [-0.15, -0.1) is 0 Å². The van der Waals surface area contributed by atoms with Crippen molar-refractivity contribution in [3.05, 3.63) is 53.6 Å². The lowest BCUT2D eigenvalue weighted by molar-refractivity contribution is -0.122. The van der Waals surface area contributed by atoms with Crippen LogP contribution in [0, 0.1) is 0 Å². The second-order valence-electron chi connectivity index (χ2n) is 6.77. The van der Waals surface area contributed by atoms with E-state index in [-0.39, 0.29) is 5.57 Å². The number of nitrogens with zero attached hydrogens (tertiary/aromatic N) is 1. The largest absolute Gasteiger partial charge is 0.497 e. The predicted molar refractivity (Wildman–Crippen MR) is 115 cm³/mol. The second kappa shape index (κ2) is 9.80. The molecule has 4 amide bonds. The van der Waals surface area contributed by atoms with Crippen molar-refractivity contribution in [3.63, 3.8) is 0 Å². The van der Waals surface area contributed by atoms with E-state index in [1.54, 1.807) is 42.5 Å². The lowest BCUT2D eigenvalue weighted by Crippen LogP contribution is -2.54. The molecule has 2 aromatic rings. The van der Waals surface area contributed by atoms with E-state index in [1.165, 1.54) is 20.3 Å². The number of benzene rings is 2. The Morgan fingerprint density at radius 2 is 1.71 bits per heavy atom. The molecule has 0 aromatic heterocycles. The first-order chi connectivity index (χ1) is 15.0. The number of nitrogens with one attached hydrogen (secondary N) is 1. The third-order valence-electron chi connectivity index (χ3n) is 4.69. The fourth-order valence-corrected chi connectivity index (χ4v) is 3.01. The van der Waals surface area contributed by atoms with E-state index in [0.29, 0.717) is 35.1 Å². The Morgan fingerprint density at radius 3 is 2.35 bits per heavy atom. The van der Waals surface area contributed by atoms with Crippen LogP contribution in [0.3, 0.4) is 0 Å². The third-order valence-corrected chi connectivity index (χ3v) is 4.69. The second-order valence-corrected chi connectivity index (χ2v) is 6.77. The van der Waals surface area contributed by atoms with Gasteiger partial charge in [0.2, 0.25) is 0 Å². The Morgan fingerprint density at radius 1 is 0.968 bits per heavy atom. The number of amides is 4. The number of hydrogen-bond donors (Lipinski definition) is 1. The summed E-state index contributed by atoms with van der Waals surface area (Å²) in [7, 11) is 3.03. The van der Waals surface area contributed by atoms with Gasteiger partial charge in [-0.1, -0.05) is 19.4 Å². The molecule has 3 rings (SSSR count). The van der Waals surface area contributed by atoms with Crippen LogP contribution in [0.5, 0.6) is 17.2 Å². The van der Waals surface area contributed by atoms with Gasteiger partial charge in [0.15, 0.2) is 11.5 Å². The minimum atomic E-state index is -0.811. The van der Waals surface area contributed by atoms with Gasteiger partial charge in [0.05, 0.1) is 26.5 Å². The zero-order valence-electron chi connectivity index (χ0n) is 17.6. The van der Waals surface area contributed by atoms with Crippen molar-refractivity contribution in [1.82, 2.24) is 5.32 Å². The van der Waals surface area contributed by atoms with Crippen molar-refractivity contribution in [3.8, 4) is 17.2 Å². The highest BCUT2D eigenvalue weighted by molar-refractivity contribution is 6.39. The molecule has 0 bridgehead atoms. The Labute approximate surface area is 180 Å². The lowest BCUT2D eigenvalue weighted by atomic mass is 10.1. The average molecular weight is 424 g/mol. The highest BCUT2D eigenvalue weighted by Gasteiger charge is 2.36. The van der Waals surface area contributed by atoms with Crippen LogP contribution in [0.4, 0.5) is 10.5 Å². The molecule has 1 aliphatic heterocycles. The van der Waals surface area contributed by atoms with Crippen molar-refractivity contribution in [2.75, 3.05) is 25.7 Å². The van der Waals surface area contributed by atoms with Crippen molar-refractivity contribution in [2.45, 2.75) is 19.8 Å². The normalized spacial score (nSPS) is 15.1. The molecule has 1 saturated heterocycles. The third kappa shape index (κ3) is 4.85. The highest BCUT2D eigenvalue weighted by atomic mass is 16.5. The van der Waals surface area contributed by atoms with Gasteiger partial charge < -0.3 is 14.2 Å². The van der Waals surface area contributed by atoms with Crippen molar-refractivity contribution in [1.29, 1.82) is 0 Å². The van der Waals surface area contributed by atoms with E-state index >= 15 is 0 Å². The van der Waals surface area contributed by atoms with E-state index in [1.807, 2.05) is 0 Å². The van der Waals surface area contributed by atoms with Crippen LogP contribution in [-0.2, 0) is 9.59 Å². The molecule has 0 radical (unpaired) electrons. The monoisotopic (exact) mass is 424 g/mol. The summed E-state index contributed by atoms with van der Waals surface area (Å²) in [5.41, 5.74) is 0.707. The van der Waals surface area contributed by atoms with Gasteiger partial charge in [0.1, 0.15) is 11.3 Å². The van der Waals surface area contributed by atoms with Gasteiger partial charge in [-0.3, -0.25) is 14.9 Å². The van der Waals surface area contributed by atoms with Gasteiger partial charge in [0.25, 0.3) is 11.8 Å². The Kier molecular flexibility index (Phi) is 6.92. The first kappa shape index (κ1) is 21.9. The van der Waals surface area contributed by atoms with E-state index in [9.17, 15) is 14.4 Å². The summed E-state index contributed by atoms with van der Waals surface area (Å²) in [4.78, 5) is 38.6. The number of barbiturate groups is 1. The summed E-state index contributed by atoms with van der Waals surface area (Å²) in [5.74, 6) is 0.154. The molecular weight excluding hydrogens is 400 g/mol. The van der Waals surface area contributed by atoms with Gasteiger partial charge >= 0.3 is 6.03 Å². The number of anilines is 1. The van der Waals surface area contributed by atoms with Crippen LogP contribution in [0.25, 0.3) is 6.08 Å². The molecule has 0 saturated carbocycles. The molecule has 31 heavy (non-hydrogen) atoms. The van der Waals surface area contributed by atoms with Crippen LogP contribution < -0.4 is 24.4 Å². The van der Waals surface area contributed by atoms with Crippen LogP contribution >= 0.6 is 0 Å². The quantitative estimate of drug-likeness (QED) is 0.396. The summed E-state index contributed by atoms with van der Waals surface area (Å²) < 4.78 is 16.2. The molecule has 1 aliphatic rings. The van der Waals surface area contributed by atoms with Crippen LogP contribution in [-0.4, -0.2) is 38.7 Å². The summed E-state index contributed by atoms with van der Waals surface area (Å²) in [6.07, 6.45) is 3.34. The topological polar surface area (TPSA) is 94.2 Å². The van der Waals surface area contributed by atoms with Crippen molar-refractivity contribution >= 4 is 29.6 Å². The fourth-order valence-electron chi connectivity index (χ4n) is 3.01. The fraction of sp³-hybridized carbons (Fsp3) is 0.261. The van der Waals surface area contributed by atoms with E-state index in [4.69, 9.17) is 14.2 Å². The molecule has 1 N–H and O–H groups in total. The van der Waals surface area contributed by atoms with Crippen LogP contribution in [0.1, 0.15) is 25.3 Å². The SMILES string of the molecule is CCCCOc1ccc(/C=C2\C(=O)NC(=O)N(c3ccc(OC)cc3)C2=O)cc1OC. The number of carbonyl (C=O) groups is 3. The maximum Gasteiger partial charge on any atom is 0.335 e. The van der Waals surface area contributed by atoms with Gasteiger partial charge in [-0.2, -0.15) is 0 Å². The van der Waals surface area contributed by atoms with Crippen LogP contribution in [0.2, 0.25) is 0 Å². The van der Waals surface area contributed by atoms with E-state index in [2.05, 4.69) is 12.2 Å². The number of hydrogen-bond acceptors (Lipinski definition) is 6. The Bertz CT molecular complexity index is 1010. The molecule has 8 heteroatoms. The minimum Gasteiger partial charge on any atom is -0.497 e. The Hall–Kier alpha value is -3.81. The summed E-state index contributed by atoms with van der Waals surface area (Å²) in [6, 6.07) is 10.7. The smallest absolute Gasteiger partial charge is 0.335 e. The number of carbonyl (C=O) groups excluding carboxylic acids is 3. The molecule has 0 spiro atoms. The molecule has 8 nitrogen and oxygen atoms in total. The zero-order valence-corrected chi connectivity index (χ0v) is 17.6. The standard InChI is InChI=1S/C23H24N2O6/c1-4-5-12-31-19-11-6-15(14-20(19)30-3)13-18-21(26)24-23(28)25(22(18)27)16-7-9-17(29-2)10-8-16/h6-11,13-14H,4-5,12H2,1-3H3,(H,24,26,28)/b18-13+. The first-order valence-corrected chi connectivity index (χ1v) is 9.84. The average Bonchev–Trinajstić information content (AvgIpc) is 2.77. The van der Waals surface area contributed by atoms with Gasteiger partial charge in [-0.05, 0) is 54.5 Å². The van der Waals surface area contributed by atoms with E-state index in [0.717, 1.165) is 17.7 Å². The molecule has 2 aromatic carbocycles. The van der Waals surface area contributed by atoms with Crippen molar-refractivity contribution in [2.24, 2.45) is 0 Å². The van der Waals surface area contributed by atoms with E-state index < -0.39 is 17.8 Å². The summed E-state index contributed by atoms with van der Waals surface area (Å²) >= 11 is 0. The summed E-state index contributed by atoms with van der Waals surface area (Å²) in [5, 5.41) is 2.20.